The fraction of sp³-hybridized carbons (Fsp3) is 0.0714. The number of carbonyl (C=O) groups excluding carboxylic acids is 1. The van der Waals surface area contributed by atoms with E-state index in [0.29, 0.717) is 0 Å². The molecule has 0 spiro atoms. The van der Waals surface area contributed by atoms with Crippen molar-refractivity contribution in [3.8, 4) is 0 Å². The Morgan fingerprint density at radius 2 is 1.80 bits per heavy atom. The molecule has 0 bridgehead atoms. The van der Waals surface area contributed by atoms with E-state index in [1.165, 1.54) is 0 Å². The third-order valence-electron chi connectivity index (χ3n) is 2.53. The molecule has 0 fully saturated rings. The first-order chi connectivity index (χ1) is 7.29. The molecule has 1 aliphatic rings. The van der Waals surface area contributed by atoms with Gasteiger partial charge in [-0.15, -0.1) is 0 Å². The molecule has 0 saturated heterocycles. The highest BCUT2D eigenvalue weighted by molar-refractivity contribution is 6.23. The third kappa shape index (κ3) is 1.37. The van der Waals surface area contributed by atoms with Gasteiger partial charge in [-0.3, -0.25) is 4.79 Å². The van der Waals surface area contributed by atoms with Gasteiger partial charge in [-0.2, -0.15) is 0 Å². The monoisotopic (exact) mass is 196 g/mol. The maximum absolute atomic E-state index is 12.0. The normalized spacial score (nSPS) is 14.9. The van der Waals surface area contributed by atoms with Crippen molar-refractivity contribution in [3.05, 3.63) is 65.8 Å². The van der Waals surface area contributed by atoms with Crippen molar-refractivity contribution in [3.63, 3.8) is 0 Å². The van der Waals surface area contributed by atoms with Crippen molar-refractivity contribution in [1.29, 1.82) is 0 Å². The molecule has 0 aliphatic heterocycles. The Kier molecular flexibility index (Phi) is 2.38. The minimum atomic E-state index is 0.0959. The fourth-order valence-corrected chi connectivity index (χ4v) is 1.88. The molecule has 1 aromatic carbocycles. The topological polar surface area (TPSA) is 17.1 Å². The molecule has 1 heteroatoms. The second-order valence-electron chi connectivity index (χ2n) is 3.41. The molecule has 0 heterocycles. The predicted octanol–water partition coefficient (Wildman–Crippen LogP) is 3.40. The Hall–Kier alpha value is -1.89. The summed E-state index contributed by atoms with van der Waals surface area (Å²) in [6.45, 7) is 5.67. The lowest BCUT2D eigenvalue weighted by atomic mass is 10.1. The number of benzene rings is 1. The first-order valence-corrected chi connectivity index (χ1v) is 4.93. The van der Waals surface area contributed by atoms with E-state index in [0.717, 1.165) is 22.3 Å². The smallest absolute Gasteiger partial charge is 0.194 e. The third-order valence-corrected chi connectivity index (χ3v) is 2.53. The number of ketones is 1. The van der Waals surface area contributed by atoms with Gasteiger partial charge in [0, 0.05) is 11.1 Å². The van der Waals surface area contributed by atoms with Crippen molar-refractivity contribution < 1.29 is 4.79 Å². The average Bonchev–Trinajstić information content (AvgIpc) is 2.54. The van der Waals surface area contributed by atoms with Gasteiger partial charge < -0.3 is 0 Å². The molecular formula is C14H12O. The van der Waals surface area contributed by atoms with Crippen molar-refractivity contribution in [2.24, 2.45) is 0 Å². The Labute approximate surface area is 89.4 Å². The molecule has 1 aliphatic carbocycles. The van der Waals surface area contributed by atoms with Crippen LogP contribution in [0.5, 0.6) is 0 Å². The Morgan fingerprint density at radius 3 is 2.40 bits per heavy atom. The van der Waals surface area contributed by atoms with E-state index in [2.05, 4.69) is 6.58 Å². The number of hydrogen-bond donors (Lipinski definition) is 0. The molecule has 0 unspecified atom stereocenters. The zero-order chi connectivity index (χ0) is 10.8. The van der Waals surface area contributed by atoms with E-state index in [1.54, 1.807) is 6.08 Å². The molecule has 0 amide bonds. The predicted molar refractivity (Wildman–Crippen MR) is 62.7 cm³/mol. The summed E-state index contributed by atoms with van der Waals surface area (Å²) in [5.41, 5.74) is 3.45. The van der Waals surface area contributed by atoms with Gasteiger partial charge in [0.05, 0.1) is 0 Å². The first kappa shape index (κ1) is 9.66. The van der Waals surface area contributed by atoms with Gasteiger partial charge in [-0.05, 0) is 18.1 Å². The summed E-state index contributed by atoms with van der Waals surface area (Å²) in [5, 5.41) is 0. The Balaban J connectivity index is 2.68. The summed E-state index contributed by atoms with van der Waals surface area (Å²) in [6.07, 6.45) is 5.47. The maximum Gasteiger partial charge on any atom is 0.194 e. The highest BCUT2D eigenvalue weighted by Crippen LogP contribution is 2.33. The molecule has 0 atom stereocenters. The second kappa shape index (κ2) is 3.70. The molecule has 0 N–H and O–H groups in total. The number of hydrogen-bond acceptors (Lipinski definition) is 1. The van der Waals surface area contributed by atoms with Crippen molar-refractivity contribution in [2.45, 2.75) is 6.92 Å². The molecule has 74 valence electrons. The summed E-state index contributed by atoms with van der Waals surface area (Å²) >= 11 is 0. The number of rotatable bonds is 2. The number of carbonyl (C=O) groups is 1. The quantitative estimate of drug-likeness (QED) is 0.708. The van der Waals surface area contributed by atoms with E-state index in [9.17, 15) is 4.79 Å². The summed E-state index contributed by atoms with van der Waals surface area (Å²) in [4.78, 5) is 12.0. The van der Waals surface area contributed by atoms with E-state index in [-0.39, 0.29) is 5.78 Å². The van der Waals surface area contributed by atoms with Gasteiger partial charge in [-0.25, -0.2) is 0 Å². The van der Waals surface area contributed by atoms with Crippen molar-refractivity contribution in [1.82, 2.24) is 0 Å². The van der Waals surface area contributed by atoms with E-state index >= 15 is 0 Å². The highest BCUT2D eigenvalue weighted by Gasteiger charge is 2.25. The lowest BCUT2D eigenvalue weighted by Crippen LogP contribution is -1.95. The van der Waals surface area contributed by atoms with Crippen LogP contribution < -0.4 is 0 Å². The van der Waals surface area contributed by atoms with Crippen LogP contribution in [-0.2, 0) is 0 Å². The molecular weight excluding hydrogens is 184 g/mol. The zero-order valence-electron chi connectivity index (χ0n) is 8.66. The van der Waals surface area contributed by atoms with Crippen LogP contribution in [0, 0.1) is 0 Å². The largest absolute Gasteiger partial charge is 0.289 e. The molecule has 1 nitrogen and oxygen atoms in total. The van der Waals surface area contributed by atoms with Gasteiger partial charge in [0.1, 0.15) is 0 Å². The fourth-order valence-electron chi connectivity index (χ4n) is 1.88. The Bertz CT molecular complexity index is 490. The SMILES string of the molecule is C=CC1=C(/C=C\C)C(=O)c2ccccc21. The number of fused-ring (bicyclic) bond motifs is 1. The van der Waals surface area contributed by atoms with Crippen LogP contribution in [0.1, 0.15) is 22.8 Å². The van der Waals surface area contributed by atoms with Crippen LogP contribution in [0.25, 0.3) is 5.57 Å². The van der Waals surface area contributed by atoms with Crippen LogP contribution >= 0.6 is 0 Å². The molecule has 1 aromatic rings. The summed E-state index contributed by atoms with van der Waals surface area (Å²) in [6, 6.07) is 7.64. The van der Waals surface area contributed by atoms with Crippen molar-refractivity contribution in [2.75, 3.05) is 0 Å². The lowest BCUT2D eigenvalue weighted by molar-refractivity contribution is 0.104. The van der Waals surface area contributed by atoms with Crippen LogP contribution in [0.3, 0.4) is 0 Å². The standard InChI is InChI=1S/C14H12O/c1-3-7-12-10(4-2)11-8-5-6-9-13(11)14(12)15/h3-9H,2H2,1H3/b7-3-. The number of Topliss-reactive ketones (excluding diaryl/α,β-unsaturated/α-hetero) is 1. The van der Waals surface area contributed by atoms with Gasteiger partial charge in [-0.1, -0.05) is 49.1 Å². The lowest BCUT2D eigenvalue weighted by Gasteiger charge is -1.97. The first-order valence-electron chi connectivity index (χ1n) is 4.93. The van der Waals surface area contributed by atoms with E-state index in [1.807, 2.05) is 43.3 Å². The van der Waals surface area contributed by atoms with Crippen LogP contribution in [-0.4, -0.2) is 5.78 Å². The zero-order valence-corrected chi connectivity index (χ0v) is 8.66. The summed E-state index contributed by atoms with van der Waals surface area (Å²) in [5.74, 6) is 0.0959. The molecule has 15 heavy (non-hydrogen) atoms. The van der Waals surface area contributed by atoms with E-state index < -0.39 is 0 Å². The van der Waals surface area contributed by atoms with Gasteiger partial charge in [0.25, 0.3) is 0 Å². The molecule has 2 rings (SSSR count). The summed E-state index contributed by atoms with van der Waals surface area (Å²) in [7, 11) is 0. The molecule has 0 saturated carbocycles. The minimum Gasteiger partial charge on any atom is -0.289 e. The molecule has 0 radical (unpaired) electrons. The minimum absolute atomic E-state index is 0.0959. The van der Waals surface area contributed by atoms with Gasteiger partial charge in [0.2, 0.25) is 0 Å². The average molecular weight is 196 g/mol. The molecule has 0 aromatic heterocycles. The van der Waals surface area contributed by atoms with Crippen LogP contribution in [0.2, 0.25) is 0 Å². The van der Waals surface area contributed by atoms with Crippen LogP contribution in [0.15, 0.2) is 54.6 Å². The Morgan fingerprint density at radius 1 is 1.13 bits per heavy atom. The summed E-state index contributed by atoms with van der Waals surface area (Å²) < 4.78 is 0. The number of allylic oxidation sites excluding steroid dienone is 5. The highest BCUT2D eigenvalue weighted by atomic mass is 16.1. The van der Waals surface area contributed by atoms with Crippen LogP contribution in [0.4, 0.5) is 0 Å². The second-order valence-corrected chi connectivity index (χ2v) is 3.41. The maximum atomic E-state index is 12.0. The van der Waals surface area contributed by atoms with Gasteiger partial charge >= 0.3 is 0 Å². The van der Waals surface area contributed by atoms with Crippen molar-refractivity contribution >= 4 is 11.4 Å². The van der Waals surface area contributed by atoms with E-state index in [4.69, 9.17) is 0 Å². The van der Waals surface area contributed by atoms with Gasteiger partial charge in [0.15, 0.2) is 5.78 Å².